The molecule has 2 aromatic rings. The Labute approximate surface area is 141 Å². The van der Waals surface area contributed by atoms with Crippen molar-refractivity contribution >= 4 is 11.6 Å². The Bertz CT molecular complexity index is 842. The lowest BCUT2D eigenvalue weighted by atomic mass is 9.97. The number of fused-ring (bicyclic) bond motifs is 1. The fraction of sp³-hybridized carbons (Fsp3) is 0.353. The third kappa shape index (κ3) is 4.07. The first-order chi connectivity index (χ1) is 11.8. The van der Waals surface area contributed by atoms with Gasteiger partial charge in [0.1, 0.15) is 6.54 Å². The van der Waals surface area contributed by atoms with Crippen molar-refractivity contribution in [3.63, 3.8) is 0 Å². The summed E-state index contributed by atoms with van der Waals surface area (Å²) >= 11 is 0. The summed E-state index contributed by atoms with van der Waals surface area (Å²) in [5, 5.41) is 6.71. The highest BCUT2D eigenvalue weighted by Crippen LogP contribution is 2.29. The predicted octanol–water partition coefficient (Wildman–Crippen LogP) is 2.78. The molecule has 5 nitrogen and oxygen atoms in total. The highest BCUT2D eigenvalue weighted by Gasteiger charge is 2.30. The molecule has 1 aromatic heterocycles. The van der Waals surface area contributed by atoms with E-state index in [1.165, 1.54) is 18.2 Å². The Hall–Kier alpha value is -2.64. The molecular formula is C17H16F3N3O2. The van der Waals surface area contributed by atoms with E-state index in [9.17, 15) is 22.8 Å². The highest BCUT2D eigenvalue weighted by molar-refractivity contribution is 5.90. The largest absolute Gasteiger partial charge is 0.416 e. The lowest BCUT2D eigenvalue weighted by Crippen LogP contribution is -2.31. The van der Waals surface area contributed by atoms with E-state index in [2.05, 4.69) is 10.4 Å². The number of aromatic nitrogens is 2. The summed E-state index contributed by atoms with van der Waals surface area (Å²) < 4.78 is 38.6. The van der Waals surface area contributed by atoms with Crippen molar-refractivity contribution in [1.29, 1.82) is 0 Å². The average molecular weight is 351 g/mol. The van der Waals surface area contributed by atoms with Crippen LogP contribution in [0.1, 0.15) is 29.7 Å². The molecule has 0 bridgehead atoms. The monoisotopic (exact) mass is 351 g/mol. The van der Waals surface area contributed by atoms with Crippen molar-refractivity contribution in [2.75, 3.05) is 5.32 Å². The molecule has 8 heteroatoms. The van der Waals surface area contributed by atoms with Crippen molar-refractivity contribution in [2.45, 2.75) is 38.4 Å². The van der Waals surface area contributed by atoms with Crippen molar-refractivity contribution in [3.05, 3.63) is 57.5 Å². The van der Waals surface area contributed by atoms with E-state index in [4.69, 9.17) is 0 Å². The number of carbonyl (C=O) groups excluding carboxylic acids is 1. The number of anilines is 1. The summed E-state index contributed by atoms with van der Waals surface area (Å²) in [6.07, 6.45) is -0.822. The number of hydrogen-bond acceptors (Lipinski definition) is 3. The number of amides is 1. The van der Waals surface area contributed by atoms with Gasteiger partial charge >= 0.3 is 6.18 Å². The van der Waals surface area contributed by atoms with Crippen molar-refractivity contribution in [1.82, 2.24) is 9.78 Å². The van der Waals surface area contributed by atoms with Crippen molar-refractivity contribution in [3.8, 4) is 0 Å². The Morgan fingerprint density at radius 1 is 1.16 bits per heavy atom. The van der Waals surface area contributed by atoms with Crippen LogP contribution >= 0.6 is 0 Å². The molecule has 1 amide bonds. The molecule has 132 valence electrons. The second kappa shape index (κ2) is 6.70. The van der Waals surface area contributed by atoms with E-state index in [1.807, 2.05) is 0 Å². The van der Waals surface area contributed by atoms with Gasteiger partial charge in [0.05, 0.1) is 11.3 Å². The molecule has 0 saturated carbocycles. The first-order valence-corrected chi connectivity index (χ1v) is 7.90. The van der Waals surface area contributed by atoms with Gasteiger partial charge in [-0.15, -0.1) is 0 Å². The number of hydrogen-bond donors (Lipinski definition) is 1. The minimum Gasteiger partial charge on any atom is -0.324 e. The molecule has 0 radical (unpaired) electrons. The van der Waals surface area contributed by atoms with Crippen LogP contribution in [-0.4, -0.2) is 15.7 Å². The van der Waals surface area contributed by atoms with Crippen LogP contribution in [0.2, 0.25) is 0 Å². The van der Waals surface area contributed by atoms with Gasteiger partial charge in [-0.2, -0.15) is 18.3 Å². The quantitative estimate of drug-likeness (QED) is 0.925. The number of benzene rings is 1. The van der Waals surface area contributed by atoms with E-state index in [0.29, 0.717) is 0 Å². The molecule has 0 fully saturated rings. The van der Waals surface area contributed by atoms with Crippen LogP contribution in [0.5, 0.6) is 0 Å². The van der Waals surface area contributed by atoms with Crippen LogP contribution in [0.3, 0.4) is 0 Å². The molecule has 0 atom stereocenters. The second-order valence-electron chi connectivity index (χ2n) is 5.94. The predicted molar refractivity (Wildman–Crippen MR) is 85.2 cm³/mol. The fourth-order valence-electron chi connectivity index (χ4n) is 2.79. The van der Waals surface area contributed by atoms with E-state index < -0.39 is 17.6 Å². The number of rotatable bonds is 3. The number of nitrogens with zero attached hydrogens (tertiary/aromatic N) is 2. The van der Waals surface area contributed by atoms with E-state index in [-0.39, 0.29) is 17.8 Å². The van der Waals surface area contributed by atoms with Gasteiger partial charge in [0, 0.05) is 11.8 Å². The van der Waals surface area contributed by atoms with Crippen LogP contribution in [-0.2, 0) is 30.4 Å². The zero-order valence-electron chi connectivity index (χ0n) is 13.3. The minimum absolute atomic E-state index is 0.226. The number of alkyl halides is 3. The van der Waals surface area contributed by atoms with Crippen LogP contribution < -0.4 is 10.9 Å². The molecule has 25 heavy (non-hydrogen) atoms. The Morgan fingerprint density at radius 2 is 1.84 bits per heavy atom. The maximum atomic E-state index is 12.5. The van der Waals surface area contributed by atoms with Gasteiger partial charge in [-0.1, -0.05) is 0 Å². The summed E-state index contributed by atoms with van der Waals surface area (Å²) in [6, 6.07) is 5.62. The second-order valence-corrected chi connectivity index (χ2v) is 5.94. The molecule has 1 N–H and O–H groups in total. The van der Waals surface area contributed by atoms with E-state index in [1.54, 1.807) is 0 Å². The number of nitrogens with one attached hydrogen (secondary N) is 1. The molecule has 3 rings (SSSR count). The maximum Gasteiger partial charge on any atom is 0.416 e. The topological polar surface area (TPSA) is 64.0 Å². The normalized spacial score (nSPS) is 14.0. The number of halogens is 3. The van der Waals surface area contributed by atoms with Gasteiger partial charge < -0.3 is 5.32 Å². The number of aryl methyl sites for hydroxylation is 2. The summed E-state index contributed by atoms with van der Waals surface area (Å²) in [6.45, 7) is -0.285. The molecular weight excluding hydrogens is 335 g/mol. The fourth-order valence-corrected chi connectivity index (χ4v) is 2.79. The molecule has 0 spiro atoms. The molecule has 0 saturated heterocycles. The summed E-state index contributed by atoms with van der Waals surface area (Å²) in [5.74, 6) is -0.523. The van der Waals surface area contributed by atoms with E-state index >= 15 is 0 Å². The van der Waals surface area contributed by atoms with Gasteiger partial charge in [0.25, 0.3) is 5.56 Å². The van der Waals surface area contributed by atoms with Gasteiger partial charge in [0.2, 0.25) is 5.91 Å². The Balaban J connectivity index is 1.69. The molecule has 1 aliphatic carbocycles. The first-order valence-electron chi connectivity index (χ1n) is 7.90. The van der Waals surface area contributed by atoms with Crippen LogP contribution in [0.15, 0.2) is 35.1 Å². The van der Waals surface area contributed by atoms with Crippen molar-refractivity contribution in [2.24, 2.45) is 0 Å². The Morgan fingerprint density at radius 3 is 2.52 bits per heavy atom. The lowest BCUT2D eigenvalue weighted by molar-refractivity contribution is -0.137. The zero-order chi connectivity index (χ0) is 18.0. The van der Waals surface area contributed by atoms with Gasteiger partial charge in [0.15, 0.2) is 0 Å². The summed E-state index contributed by atoms with van der Waals surface area (Å²) in [5.41, 5.74) is 0.828. The smallest absolute Gasteiger partial charge is 0.324 e. The Kier molecular flexibility index (Phi) is 4.61. The highest BCUT2D eigenvalue weighted by atomic mass is 19.4. The third-order valence-electron chi connectivity index (χ3n) is 4.06. The summed E-state index contributed by atoms with van der Waals surface area (Å²) in [7, 11) is 0. The molecule has 1 aromatic carbocycles. The molecule has 0 unspecified atom stereocenters. The van der Waals surface area contributed by atoms with Gasteiger partial charge in [-0.05, 0) is 55.5 Å². The summed E-state index contributed by atoms with van der Waals surface area (Å²) in [4.78, 5) is 24.1. The molecule has 1 aliphatic rings. The lowest BCUT2D eigenvalue weighted by Gasteiger charge is -2.15. The molecule has 1 heterocycles. The average Bonchev–Trinajstić information content (AvgIpc) is 2.55. The maximum absolute atomic E-state index is 12.5. The minimum atomic E-state index is -4.43. The third-order valence-corrected chi connectivity index (χ3v) is 4.06. The van der Waals surface area contributed by atoms with Gasteiger partial charge in [-0.3, -0.25) is 9.59 Å². The number of carbonyl (C=O) groups is 1. The zero-order valence-corrected chi connectivity index (χ0v) is 13.3. The SMILES string of the molecule is O=C(Cn1nc2c(cc1=O)CCCC2)Nc1ccc(C(F)(F)F)cc1. The molecule has 0 aliphatic heterocycles. The van der Waals surface area contributed by atoms with Gasteiger partial charge in [-0.25, -0.2) is 4.68 Å². The van der Waals surface area contributed by atoms with Crippen molar-refractivity contribution < 1.29 is 18.0 Å². The van der Waals surface area contributed by atoms with Crippen LogP contribution in [0.4, 0.5) is 18.9 Å². The van der Waals surface area contributed by atoms with E-state index in [0.717, 1.165) is 53.8 Å². The first kappa shape index (κ1) is 17.2. The van der Waals surface area contributed by atoms with Crippen LogP contribution in [0.25, 0.3) is 0 Å². The van der Waals surface area contributed by atoms with Crippen LogP contribution in [0, 0.1) is 0 Å². The standard InChI is InChI=1S/C17H16F3N3O2/c18-17(19,20)12-5-7-13(8-6-12)21-15(24)10-23-16(25)9-11-3-1-2-4-14(11)22-23/h5-9H,1-4,10H2,(H,21,24).